The van der Waals surface area contributed by atoms with E-state index in [-0.39, 0.29) is 0 Å². The van der Waals surface area contributed by atoms with E-state index in [9.17, 15) is 4.79 Å². The molecule has 0 saturated carbocycles. The van der Waals surface area contributed by atoms with Crippen LogP contribution in [0.2, 0.25) is 5.02 Å². The quantitative estimate of drug-likeness (QED) is 0.523. The minimum Gasteiger partial charge on any atom is -0.367 e. The number of para-hydroxylation sites is 1. The molecule has 1 atom stereocenters. The molecule has 0 spiro atoms. The third kappa shape index (κ3) is 4.99. The van der Waals surface area contributed by atoms with E-state index in [1.807, 2.05) is 44.7 Å². The molecule has 2 aliphatic rings. The van der Waals surface area contributed by atoms with E-state index in [4.69, 9.17) is 11.6 Å². The Morgan fingerprint density at radius 1 is 1.17 bits per heavy atom. The molecule has 0 aromatic heterocycles. The molecule has 2 aliphatic heterocycles. The molecule has 1 unspecified atom stereocenters. The van der Waals surface area contributed by atoms with Crippen LogP contribution < -0.4 is 4.90 Å². The maximum Gasteiger partial charge on any atom is 0.222 e. The van der Waals surface area contributed by atoms with Crippen molar-refractivity contribution < 1.29 is 4.79 Å². The molecular weight excluding hydrogens is 360 g/mol. The van der Waals surface area contributed by atoms with E-state index in [1.54, 1.807) is 0 Å². The molecule has 3 nitrogen and oxygen atoms in total. The van der Waals surface area contributed by atoms with Gasteiger partial charge in [-0.15, -0.1) is 0 Å². The molecule has 0 aliphatic carbocycles. The number of hydrogen-bond acceptors (Lipinski definition) is 4. The molecule has 2 heterocycles. The smallest absolute Gasteiger partial charge is 0.222 e. The zero-order chi connectivity index (χ0) is 16.8. The van der Waals surface area contributed by atoms with Crippen molar-refractivity contribution in [3.8, 4) is 0 Å². The molecule has 132 valence electrons. The fourth-order valence-electron chi connectivity index (χ4n) is 3.28. The minimum absolute atomic E-state index is 0.322. The Labute approximate surface area is 157 Å². The van der Waals surface area contributed by atoms with E-state index in [2.05, 4.69) is 11.0 Å². The van der Waals surface area contributed by atoms with Gasteiger partial charge in [0.05, 0.1) is 10.7 Å². The maximum absolute atomic E-state index is 12.4. The van der Waals surface area contributed by atoms with Crippen LogP contribution in [0, 0.1) is 0 Å². The van der Waals surface area contributed by atoms with Gasteiger partial charge in [-0.25, -0.2) is 0 Å². The zero-order valence-corrected chi connectivity index (χ0v) is 16.3. The van der Waals surface area contributed by atoms with Crippen LogP contribution in [0.4, 0.5) is 5.69 Å². The Hall–Kier alpha value is -0.520. The van der Waals surface area contributed by atoms with Crippen molar-refractivity contribution in [1.29, 1.82) is 0 Å². The van der Waals surface area contributed by atoms with Gasteiger partial charge in [0.15, 0.2) is 0 Å². The monoisotopic (exact) mass is 384 g/mol. The molecule has 1 amide bonds. The van der Waals surface area contributed by atoms with E-state index < -0.39 is 0 Å². The molecule has 6 heteroatoms. The maximum atomic E-state index is 12.4. The normalized spacial score (nSPS) is 21.3. The zero-order valence-electron chi connectivity index (χ0n) is 14.0. The number of hydrogen-bond donors (Lipinski definition) is 0. The highest BCUT2D eigenvalue weighted by Gasteiger charge is 2.22. The highest BCUT2D eigenvalue weighted by Crippen LogP contribution is 2.39. The van der Waals surface area contributed by atoms with E-state index in [0.717, 1.165) is 48.6 Å². The van der Waals surface area contributed by atoms with Gasteiger partial charge in [0, 0.05) is 43.6 Å². The van der Waals surface area contributed by atoms with Crippen LogP contribution in [0.25, 0.3) is 0 Å². The first-order valence-corrected chi connectivity index (χ1v) is 11.6. The van der Waals surface area contributed by atoms with Gasteiger partial charge in [0.2, 0.25) is 5.91 Å². The summed E-state index contributed by atoms with van der Waals surface area (Å²) in [6, 6.07) is 7.95. The molecule has 1 aromatic rings. The summed E-state index contributed by atoms with van der Waals surface area (Å²) >= 11 is 6.27. The fourth-order valence-corrected chi connectivity index (χ4v) is 6.56. The predicted molar refractivity (Wildman–Crippen MR) is 107 cm³/mol. The minimum atomic E-state index is 0.322. The van der Waals surface area contributed by atoms with Crippen molar-refractivity contribution in [2.24, 2.45) is 0 Å². The van der Waals surface area contributed by atoms with E-state index in [0.29, 0.717) is 12.3 Å². The molecule has 0 bridgehead atoms. The summed E-state index contributed by atoms with van der Waals surface area (Å²) in [7, 11) is 4.03. The number of piperazine rings is 1. The van der Waals surface area contributed by atoms with Crippen LogP contribution in [0.1, 0.15) is 32.1 Å². The number of anilines is 1. The molecule has 1 aromatic carbocycles. The van der Waals surface area contributed by atoms with Gasteiger partial charge in [-0.3, -0.25) is 4.79 Å². The molecular formula is C18H25ClN2OS2. The summed E-state index contributed by atoms with van der Waals surface area (Å²) in [5, 5.41) is 1.62. The first kappa shape index (κ1) is 18.3. The van der Waals surface area contributed by atoms with Crippen LogP contribution in [0.15, 0.2) is 24.3 Å². The van der Waals surface area contributed by atoms with Crippen molar-refractivity contribution >= 4 is 44.8 Å². The Morgan fingerprint density at radius 3 is 2.67 bits per heavy atom. The largest absolute Gasteiger partial charge is 0.367 e. The van der Waals surface area contributed by atoms with Gasteiger partial charge in [-0.1, -0.05) is 51.7 Å². The second kappa shape index (κ2) is 9.25. The molecule has 0 radical (unpaired) electrons. The first-order valence-electron chi connectivity index (χ1n) is 8.79. The summed E-state index contributed by atoms with van der Waals surface area (Å²) in [5.41, 5.74) is 1.08. The van der Waals surface area contributed by atoms with Gasteiger partial charge < -0.3 is 9.80 Å². The first-order chi connectivity index (χ1) is 11.7. The summed E-state index contributed by atoms with van der Waals surface area (Å²) in [6.07, 6.45) is 5.53. The number of benzene rings is 1. The van der Waals surface area contributed by atoms with Crippen molar-refractivity contribution in [1.82, 2.24) is 4.90 Å². The average Bonchev–Trinajstić information content (AvgIpc) is 3.13. The molecule has 2 saturated heterocycles. The van der Waals surface area contributed by atoms with E-state index >= 15 is 0 Å². The van der Waals surface area contributed by atoms with Gasteiger partial charge in [0.1, 0.15) is 0 Å². The lowest BCUT2D eigenvalue weighted by molar-refractivity contribution is -0.131. The number of unbranched alkanes of at least 4 members (excludes halogenated alkanes) is 1. The Balaban J connectivity index is 1.36. The van der Waals surface area contributed by atoms with Crippen LogP contribution in [-0.4, -0.2) is 48.0 Å². The SMILES string of the molecule is O=C(CCCCC1CCSS1)N1CCN(c2ccccc2Cl)CC1. The number of carbonyl (C=O) groups is 1. The molecule has 24 heavy (non-hydrogen) atoms. The number of carbonyl (C=O) groups excluding carboxylic acids is 1. The Morgan fingerprint density at radius 2 is 1.96 bits per heavy atom. The average molecular weight is 385 g/mol. The number of nitrogens with zero attached hydrogens (tertiary/aromatic N) is 2. The van der Waals surface area contributed by atoms with Crippen LogP contribution in [0.3, 0.4) is 0 Å². The second-order valence-electron chi connectivity index (χ2n) is 6.39. The predicted octanol–water partition coefficient (Wildman–Crippen LogP) is 4.70. The van der Waals surface area contributed by atoms with Crippen molar-refractivity contribution in [2.75, 3.05) is 36.8 Å². The highest BCUT2D eigenvalue weighted by atomic mass is 35.5. The van der Waals surface area contributed by atoms with Crippen molar-refractivity contribution in [2.45, 2.75) is 37.4 Å². The lowest BCUT2D eigenvalue weighted by atomic mass is 10.1. The number of halogens is 1. The van der Waals surface area contributed by atoms with Gasteiger partial charge in [-0.05, 0) is 31.4 Å². The number of amides is 1. The van der Waals surface area contributed by atoms with Gasteiger partial charge in [-0.2, -0.15) is 0 Å². The number of rotatable bonds is 6. The van der Waals surface area contributed by atoms with Crippen LogP contribution >= 0.6 is 33.2 Å². The summed E-state index contributed by atoms with van der Waals surface area (Å²) in [5.74, 6) is 1.62. The van der Waals surface area contributed by atoms with Gasteiger partial charge >= 0.3 is 0 Å². The molecule has 2 fully saturated rings. The highest BCUT2D eigenvalue weighted by molar-refractivity contribution is 8.77. The third-order valence-electron chi connectivity index (χ3n) is 4.72. The standard InChI is InChI=1S/C18H25ClN2OS2/c19-16-6-2-3-7-17(16)20-10-12-21(13-11-20)18(22)8-4-1-5-15-9-14-23-24-15/h2-3,6-7,15H,1,4-5,8-14H2. The third-order valence-corrected chi connectivity index (χ3v) is 8.05. The molecule has 0 N–H and O–H groups in total. The van der Waals surface area contributed by atoms with Crippen LogP contribution in [0.5, 0.6) is 0 Å². The van der Waals surface area contributed by atoms with E-state index in [1.165, 1.54) is 25.0 Å². The topological polar surface area (TPSA) is 23.6 Å². The Kier molecular flexibility index (Phi) is 7.05. The van der Waals surface area contributed by atoms with Crippen molar-refractivity contribution in [3.05, 3.63) is 29.3 Å². The van der Waals surface area contributed by atoms with Crippen LogP contribution in [-0.2, 0) is 4.79 Å². The summed E-state index contributed by atoms with van der Waals surface area (Å²) in [4.78, 5) is 16.7. The molecule has 3 rings (SSSR count). The van der Waals surface area contributed by atoms with Crippen molar-refractivity contribution in [3.63, 3.8) is 0 Å². The fraction of sp³-hybridized carbons (Fsp3) is 0.611. The Bertz CT molecular complexity index is 544. The van der Waals surface area contributed by atoms with Gasteiger partial charge in [0.25, 0.3) is 0 Å². The summed E-state index contributed by atoms with van der Waals surface area (Å²) < 4.78 is 0. The lowest BCUT2D eigenvalue weighted by Gasteiger charge is -2.36. The summed E-state index contributed by atoms with van der Waals surface area (Å²) in [6.45, 7) is 3.34. The second-order valence-corrected chi connectivity index (χ2v) is 9.59. The lowest BCUT2D eigenvalue weighted by Crippen LogP contribution is -2.48.